The number of hydrogen-bond acceptors (Lipinski definition) is 8. The van der Waals surface area contributed by atoms with Gasteiger partial charge in [0.2, 0.25) is 0 Å². The van der Waals surface area contributed by atoms with Crippen LogP contribution in [0.25, 0.3) is 0 Å². The molecule has 9 nitrogen and oxygen atoms in total. The van der Waals surface area contributed by atoms with Crippen LogP contribution in [0.15, 0.2) is 0 Å². The Kier molecular flexibility index (Phi) is 45.7. The number of unbranched alkanes of at least 4 members (excludes halogenated alkanes) is 24. The van der Waals surface area contributed by atoms with Gasteiger partial charge in [-0.05, 0) is 25.7 Å². The predicted molar refractivity (Wildman–Crippen MR) is 208 cm³/mol. The Morgan fingerprint density at radius 2 is 0.706 bits per heavy atom. The predicted octanol–water partition coefficient (Wildman–Crippen LogP) is 10.7. The Bertz CT molecular complexity index is 838. The number of nitrogens with two attached hydrogens (primary N) is 1. The van der Waals surface area contributed by atoms with Crippen LogP contribution < -0.4 is 5.73 Å². The van der Waals surface area contributed by atoms with Gasteiger partial charge in [-0.3, -0.25) is 19.2 Å². The number of esters is 4. The van der Waals surface area contributed by atoms with E-state index in [2.05, 4.69) is 20.8 Å². The SMILES string of the molecule is CCCCCCCCCCCC(=O)O.CCCCCCCCCCCC(=O)OC(=O)CC[C@H](N)C(=O)OC(=O)CCCCCCCCCCC.[Na]. The molecule has 0 saturated carbocycles. The van der Waals surface area contributed by atoms with Gasteiger partial charge in [0.05, 0.1) is 0 Å². The van der Waals surface area contributed by atoms with Crippen molar-refractivity contribution in [1.29, 1.82) is 0 Å². The summed E-state index contributed by atoms with van der Waals surface area (Å²) in [5.41, 5.74) is 5.73. The van der Waals surface area contributed by atoms with Crippen LogP contribution >= 0.6 is 0 Å². The molecule has 0 heterocycles. The molecule has 0 aromatic carbocycles. The molecular weight excluding hydrogens is 657 g/mol. The summed E-state index contributed by atoms with van der Waals surface area (Å²) in [5, 5.41) is 8.41. The number of ether oxygens (including phenoxy) is 2. The van der Waals surface area contributed by atoms with Crippen LogP contribution in [0.4, 0.5) is 0 Å². The molecule has 295 valence electrons. The number of carboxylic acid groups (broad SMARTS) is 1. The van der Waals surface area contributed by atoms with E-state index in [1.54, 1.807) is 0 Å². The number of carbonyl (C=O) groups is 5. The first kappa shape index (κ1) is 54.1. The Hall–Kier alpha value is -1.29. The quantitative estimate of drug-likeness (QED) is 0.0285. The summed E-state index contributed by atoms with van der Waals surface area (Å²) in [6.07, 6.45) is 32.1. The van der Waals surface area contributed by atoms with Crippen molar-refractivity contribution in [3.63, 3.8) is 0 Å². The minimum Gasteiger partial charge on any atom is -0.481 e. The monoisotopic (exact) mass is 735 g/mol. The molecule has 0 rings (SSSR count). The summed E-state index contributed by atoms with van der Waals surface area (Å²) in [7, 11) is 0. The first-order valence-corrected chi connectivity index (χ1v) is 20.6. The van der Waals surface area contributed by atoms with Gasteiger partial charge in [-0.25, -0.2) is 4.79 Å². The first-order chi connectivity index (χ1) is 24.2. The minimum atomic E-state index is -1.10. The molecule has 0 amide bonds. The summed E-state index contributed by atoms with van der Waals surface area (Å²) in [6.45, 7) is 6.63. The van der Waals surface area contributed by atoms with Crippen molar-refractivity contribution in [3.05, 3.63) is 0 Å². The fraction of sp³-hybridized carbons (Fsp3) is 0.878. The third kappa shape index (κ3) is 44.8. The Balaban J connectivity index is -0.00000129. The van der Waals surface area contributed by atoms with E-state index in [0.717, 1.165) is 38.5 Å². The van der Waals surface area contributed by atoms with Crippen LogP contribution in [0.2, 0.25) is 0 Å². The van der Waals surface area contributed by atoms with Crippen molar-refractivity contribution >= 4 is 59.4 Å². The van der Waals surface area contributed by atoms with E-state index in [4.69, 9.17) is 20.3 Å². The van der Waals surface area contributed by atoms with Crippen molar-refractivity contribution in [2.24, 2.45) is 5.73 Å². The largest absolute Gasteiger partial charge is 0.481 e. The summed E-state index contributed by atoms with van der Waals surface area (Å²) in [6, 6.07) is -1.10. The third-order valence-electron chi connectivity index (χ3n) is 8.87. The van der Waals surface area contributed by atoms with Gasteiger partial charge in [0.15, 0.2) is 0 Å². The average Bonchev–Trinajstić information content (AvgIpc) is 3.08. The van der Waals surface area contributed by atoms with Crippen molar-refractivity contribution in [3.8, 4) is 0 Å². The van der Waals surface area contributed by atoms with Gasteiger partial charge in [0.25, 0.3) is 0 Å². The van der Waals surface area contributed by atoms with Gasteiger partial charge in [-0.15, -0.1) is 0 Å². The number of rotatable bonds is 34. The molecule has 51 heavy (non-hydrogen) atoms. The summed E-state index contributed by atoms with van der Waals surface area (Å²) in [5.74, 6) is -3.34. The number of hydrogen-bond donors (Lipinski definition) is 2. The molecule has 0 fully saturated rings. The van der Waals surface area contributed by atoms with E-state index < -0.39 is 35.9 Å². The van der Waals surface area contributed by atoms with Crippen LogP contribution in [-0.4, -0.2) is 70.6 Å². The first-order valence-electron chi connectivity index (χ1n) is 20.6. The Morgan fingerprint density at radius 3 is 1.04 bits per heavy atom. The maximum absolute atomic E-state index is 12.0. The van der Waals surface area contributed by atoms with Crippen LogP contribution in [0, 0.1) is 0 Å². The van der Waals surface area contributed by atoms with Gasteiger partial charge < -0.3 is 20.3 Å². The van der Waals surface area contributed by atoms with Crippen LogP contribution in [0.1, 0.15) is 226 Å². The van der Waals surface area contributed by atoms with Crippen molar-refractivity contribution in [2.45, 2.75) is 232 Å². The van der Waals surface area contributed by atoms with E-state index in [1.807, 2.05) is 0 Å². The molecular formula is C41H77NNaO8. The molecule has 0 spiro atoms. The zero-order chi connectivity index (χ0) is 37.5. The van der Waals surface area contributed by atoms with E-state index in [9.17, 15) is 24.0 Å². The molecule has 0 aliphatic rings. The molecule has 1 radical (unpaired) electrons. The maximum atomic E-state index is 12.0. The molecule has 0 saturated heterocycles. The van der Waals surface area contributed by atoms with Gasteiger partial charge >= 0.3 is 29.8 Å². The van der Waals surface area contributed by atoms with Crippen LogP contribution in [0.3, 0.4) is 0 Å². The zero-order valence-corrected chi connectivity index (χ0v) is 35.6. The fourth-order valence-electron chi connectivity index (χ4n) is 5.61. The summed E-state index contributed by atoms with van der Waals surface area (Å²) < 4.78 is 9.58. The molecule has 0 unspecified atom stereocenters. The normalized spacial score (nSPS) is 11.1. The van der Waals surface area contributed by atoms with Gasteiger partial charge in [-0.1, -0.05) is 175 Å². The second kappa shape index (κ2) is 43.1. The molecule has 0 bridgehead atoms. The molecule has 10 heteroatoms. The third-order valence-corrected chi connectivity index (χ3v) is 8.87. The van der Waals surface area contributed by atoms with Crippen LogP contribution in [-0.2, 0) is 33.4 Å². The second-order valence-electron chi connectivity index (χ2n) is 13.9. The van der Waals surface area contributed by atoms with E-state index in [1.165, 1.54) is 122 Å². The molecule has 0 aromatic heterocycles. The second-order valence-corrected chi connectivity index (χ2v) is 13.9. The Labute approximate surface area is 334 Å². The van der Waals surface area contributed by atoms with E-state index in [0.29, 0.717) is 19.3 Å². The average molecular weight is 735 g/mol. The summed E-state index contributed by atoms with van der Waals surface area (Å²) in [4.78, 5) is 57.7. The smallest absolute Gasteiger partial charge is 0.330 e. The van der Waals surface area contributed by atoms with Gasteiger partial charge in [0, 0.05) is 55.2 Å². The molecule has 0 aliphatic carbocycles. The van der Waals surface area contributed by atoms with Crippen molar-refractivity contribution in [2.75, 3.05) is 0 Å². The maximum Gasteiger partial charge on any atom is 0.330 e. The number of carboxylic acids is 1. The van der Waals surface area contributed by atoms with E-state index >= 15 is 0 Å². The Morgan fingerprint density at radius 1 is 0.431 bits per heavy atom. The fourth-order valence-corrected chi connectivity index (χ4v) is 5.61. The minimum absolute atomic E-state index is 0. The summed E-state index contributed by atoms with van der Waals surface area (Å²) >= 11 is 0. The molecule has 0 aromatic rings. The van der Waals surface area contributed by atoms with Crippen molar-refractivity contribution < 1.29 is 38.6 Å². The zero-order valence-electron chi connectivity index (χ0n) is 33.6. The standard InChI is InChI=1S/C29H53NO6.C12H24O2.Na/c1-3-5-7-9-11-13-15-17-19-21-26(31)35-28(33)24-23-25(30)29(34)36-27(32)22-20-18-16-14-12-10-8-6-4-2;1-2-3-4-5-6-7-8-9-10-11-12(13)14;/h25H,3-24,30H2,1-2H3;2-11H2,1H3,(H,13,14);/t25-;;/m0../s1. The van der Waals surface area contributed by atoms with Crippen molar-refractivity contribution in [1.82, 2.24) is 0 Å². The molecule has 0 aliphatic heterocycles. The number of carbonyl (C=O) groups excluding carboxylic acids is 4. The molecule has 1 atom stereocenters. The topological polar surface area (TPSA) is 150 Å². The van der Waals surface area contributed by atoms with Gasteiger partial charge in [-0.2, -0.15) is 0 Å². The van der Waals surface area contributed by atoms with Crippen LogP contribution in [0.5, 0.6) is 0 Å². The molecule has 3 N–H and O–H groups in total. The van der Waals surface area contributed by atoms with E-state index in [-0.39, 0.29) is 55.2 Å². The number of aliphatic carboxylic acids is 1. The van der Waals surface area contributed by atoms with Gasteiger partial charge in [0.1, 0.15) is 6.04 Å².